The number of benzene rings is 1. The molecule has 0 aliphatic carbocycles. The Hall–Kier alpha value is -0.380. The molecule has 1 aliphatic heterocycles. The van der Waals surface area contributed by atoms with Crippen LogP contribution in [0.1, 0.15) is 13.8 Å². The highest BCUT2D eigenvalue weighted by molar-refractivity contribution is 8.14. The van der Waals surface area contributed by atoms with E-state index in [1.54, 1.807) is 17.8 Å². The maximum atomic E-state index is 5.96. The second kappa shape index (κ2) is 5.51. The van der Waals surface area contributed by atoms with Crippen LogP contribution in [0.5, 0.6) is 0 Å². The molecule has 5 heteroatoms. The van der Waals surface area contributed by atoms with Crippen molar-refractivity contribution < 1.29 is 0 Å². The Balaban J connectivity index is 2.06. The molecular weight excluding hydrogens is 275 g/mol. The van der Waals surface area contributed by atoms with Crippen LogP contribution in [0.4, 0.5) is 5.69 Å². The van der Waals surface area contributed by atoms with Crippen LogP contribution in [0.2, 0.25) is 10.0 Å². The molecule has 92 valence electrons. The van der Waals surface area contributed by atoms with Gasteiger partial charge in [0.15, 0.2) is 5.17 Å². The number of anilines is 1. The maximum absolute atomic E-state index is 5.96. The minimum atomic E-state index is 0.408. The number of hydrogen-bond donors (Lipinski definition) is 1. The number of thioether (sulfide) groups is 1. The average molecular weight is 289 g/mol. The molecule has 1 heterocycles. The van der Waals surface area contributed by atoms with Crippen molar-refractivity contribution in [1.29, 1.82) is 0 Å². The van der Waals surface area contributed by atoms with Gasteiger partial charge >= 0.3 is 0 Å². The summed E-state index contributed by atoms with van der Waals surface area (Å²) in [5, 5.41) is 5.35. The second-order valence-electron chi connectivity index (χ2n) is 4.31. The molecule has 1 N–H and O–H groups in total. The predicted molar refractivity (Wildman–Crippen MR) is 78.6 cm³/mol. The summed E-state index contributed by atoms with van der Waals surface area (Å²) in [6.07, 6.45) is 0. The Morgan fingerprint density at radius 3 is 2.71 bits per heavy atom. The number of nitrogens with zero attached hydrogens (tertiary/aromatic N) is 1. The van der Waals surface area contributed by atoms with Gasteiger partial charge in [0.05, 0.1) is 16.1 Å². The highest BCUT2D eigenvalue weighted by Crippen LogP contribution is 2.28. The fourth-order valence-corrected chi connectivity index (χ4v) is 2.98. The summed E-state index contributed by atoms with van der Waals surface area (Å²) in [6, 6.07) is 5.91. The lowest BCUT2D eigenvalue weighted by atomic mass is 10.1. The summed E-state index contributed by atoms with van der Waals surface area (Å²) in [4.78, 5) is 4.63. The van der Waals surface area contributed by atoms with Gasteiger partial charge in [-0.3, -0.25) is 4.99 Å². The van der Waals surface area contributed by atoms with Gasteiger partial charge in [-0.2, -0.15) is 0 Å². The van der Waals surface area contributed by atoms with E-state index in [0.717, 1.165) is 16.6 Å². The average Bonchev–Trinajstić information content (AvgIpc) is 2.72. The molecule has 0 aromatic heterocycles. The van der Waals surface area contributed by atoms with E-state index in [4.69, 9.17) is 23.2 Å². The zero-order valence-electron chi connectivity index (χ0n) is 9.71. The fourth-order valence-electron chi connectivity index (χ4n) is 1.50. The summed E-state index contributed by atoms with van der Waals surface area (Å²) in [7, 11) is 0. The van der Waals surface area contributed by atoms with Gasteiger partial charge in [-0.25, -0.2) is 0 Å². The fraction of sp³-hybridized carbons (Fsp3) is 0.417. The quantitative estimate of drug-likeness (QED) is 0.864. The van der Waals surface area contributed by atoms with Gasteiger partial charge in [-0.05, 0) is 24.1 Å². The van der Waals surface area contributed by atoms with Crippen LogP contribution in [0.3, 0.4) is 0 Å². The van der Waals surface area contributed by atoms with Crippen molar-refractivity contribution in [3.63, 3.8) is 0 Å². The van der Waals surface area contributed by atoms with Gasteiger partial charge < -0.3 is 5.32 Å². The molecule has 2 nitrogen and oxygen atoms in total. The standard InChI is InChI=1S/C12H14Cl2N2S/c1-7(2)11-6-17-12(16-11)15-8-3-4-9(13)10(14)5-8/h3-5,7,11H,6H2,1-2H3,(H,15,16)/t11-/m1/s1. The third-order valence-electron chi connectivity index (χ3n) is 2.61. The van der Waals surface area contributed by atoms with Crippen LogP contribution >= 0.6 is 35.0 Å². The first kappa shape index (κ1) is 13.1. The van der Waals surface area contributed by atoms with Crippen LogP contribution in [0.25, 0.3) is 0 Å². The highest BCUT2D eigenvalue weighted by Gasteiger charge is 2.21. The van der Waals surface area contributed by atoms with Crippen molar-refractivity contribution in [3.05, 3.63) is 28.2 Å². The number of amidine groups is 1. The van der Waals surface area contributed by atoms with Crippen molar-refractivity contribution in [3.8, 4) is 0 Å². The van der Waals surface area contributed by atoms with E-state index in [9.17, 15) is 0 Å². The Morgan fingerprint density at radius 2 is 2.12 bits per heavy atom. The van der Waals surface area contributed by atoms with Crippen molar-refractivity contribution in [2.45, 2.75) is 19.9 Å². The van der Waals surface area contributed by atoms with E-state index in [1.807, 2.05) is 12.1 Å². The lowest BCUT2D eigenvalue weighted by molar-refractivity contribution is 0.543. The predicted octanol–water partition coefficient (Wildman–Crippen LogP) is 4.53. The SMILES string of the molecule is CC(C)[C@H]1CSC(Nc2ccc(Cl)c(Cl)c2)=N1. The zero-order valence-corrected chi connectivity index (χ0v) is 12.0. The van der Waals surface area contributed by atoms with Crippen LogP contribution in [0, 0.1) is 5.92 Å². The topological polar surface area (TPSA) is 24.4 Å². The third-order valence-corrected chi connectivity index (χ3v) is 4.34. The number of rotatable bonds is 2. The third kappa shape index (κ3) is 3.30. The van der Waals surface area contributed by atoms with Crippen molar-refractivity contribution in [2.75, 3.05) is 11.1 Å². The largest absolute Gasteiger partial charge is 0.335 e. The van der Waals surface area contributed by atoms with Crippen LogP contribution < -0.4 is 5.32 Å². The summed E-state index contributed by atoms with van der Waals surface area (Å²) in [5.74, 6) is 1.62. The Morgan fingerprint density at radius 1 is 1.35 bits per heavy atom. The number of nitrogens with one attached hydrogen (secondary N) is 1. The molecule has 0 spiro atoms. The van der Waals surface area contributed by atoms with E-state index >= 15 is 0 Å². The smallest absolute Gasteiger partial charge is 0.161 e. The molecule has 0 saturated heterocycles. The monoisotopic (exact) mass is 288 g/mol. The molecule has 1 atom stereocenters. The Labute approximate surface area is 116 Å². The first-order chi connectivity index (χ1) is 8.06. The minimum Gasteiger partial charge on any atom is -0.335 e. The second-order valence-corrected chi connectivity index (χ2v) is 6.13. The molecule has 1 aromatic carbocycles. The van der Waals surface area contributed by atoms with Crippen molar-refractivity contribution in [2.24, 2.45) is 10.9 Å². The van der Waals surface area contributed by atoms with Gasteiger partial charge in [0.1, 0.15) is 0 Å². The molecular formula is C12H14Cl2N2S. The lowest BCUT2D eigenvalue weighted by Gasteiger charge is -2.08. The Kier molecular flexibility index (Phi) is 4.23. The molecule has 1 aliphatic rings. The zero-order chi connectivity index (χ0) is 12.4. The normalized spacial score (nSPS) is 19.6. The highest BCUT2D eigenvalue weighted by atomic mass is 35.5. The van der Waals surface area contributed by atoms with Gasteiger partial charge in [-0.15, -0.1) is 0 Å². The molecule has 17 heavy (non-hydrogen) atoms. The summed E-state index contributed by atoms with van der Waals surface area (Å²) >= 11 is 13.6. The molecule has 0 bridgehead atoms. The Bertz CT molecular complexity index is 446. The number of halogens is 2. The van der Waals surface area contributed by atoms with Gasteiger partial charge in [-0.1, -0.05) is 48.8 Å². The molecule has 0 saturated carbocycles. The first-order valence-corrected chi connectivity index (χ1v) is 7.23. The summed E-state index contributed by atoms with van der Waals surface area (Å²) in [5.41, 5.74) is 0.926. The van der Waals surface area contributed by atoms with E-state index in [2.05, 4.69) is 24.2 Å². The molecule has 1 aromatic rings. The number of hydrogen-bond acceptors (Lipinski definition) is 3. The molecule has 0 unspecified atom stereocenters. The lowest BCUT2D eigenvalue weighted by Crippen LogP contribution is -2.12. The summed E-state index contributed by atoms with van der Waals surface area (Å²) in [6.45, 7) is 4.38. The van der Waals surface area contributed by atoms with Crippen LogP contribution in [0.15, 0.2) is 23.2 Å². The maximum Gasteiger partial charge on any atom is 0.161 e. The van der Waals surface area contributed by atoms with Crippen molar-refractivity contribution in [1.82, 2.24) is 0 Å². The van der Waals surface area contributed by atoms with Crippen LogP contribution in [-0.4, -0.2) is 17.0 Å². The van der Waals surface area contributed by atoms with E-state index in [1.165, 1.54) is 0 Å². The summed E-state index contributed by atoms with van der Waals surface area (Å²) < 4.78 is 0. The minimum absolute atomic E-state index is 0.408. The van der Waals surface area contributed by atoms with Gasteiger partial charge in [0.2, 0.25) is 0 Å². The molecule has 0 amide bonds. The van der Waals surface area contributed by atoms with Crippen LogP contribution in [-0.2, 0) is 0 Å². The molecule has 0 radical (unpaired) electrons. The van der Waals surface area contributed by atoms with E-state index < -0.39 is 0 Å². The molecule has 0 fully saturated rings. The van der Waals surface area contributed by atoms with Crippen molar-refractivity contribution >= 4 is 45.8 Å². The van der Waals surface area contributed by atoms with E-state index in [-0.39, 0.29) is 0 Å². The van der Waals surface area contributed by atoms with E-state index in [0.29, 0.717) is 22.0 Å². The molecule has 2 rings (SSSR count). The first-order valence-electron chi connectivity index (χ1n) is 5.49. The number of aliphatic imine (C=N–C) groups is 1. The van der Waals surface area contributed by atoms with Gasteiger partial charge in [0.25, 0.3) is 0 Å². The van der Waals surface area contributed by atoms with Gasteiger partial charge in [0, 0.05) is 11.4 Å².